The van der Waals surface area contributed by atoms with Crippen LogP contribution in [0.2, 0.25) is 0 Å². The van der Waals surface area contributed by atoms with Crippen molar-refractivity contribution in [1.82, 2.24) is 0 Å². The zero-order valence-electron chi connectivity index (χ0n) is 16.7. The standard InChI is InChI=1S/C21H25FN2O3S/c1-13(2)20(25)24-12-21(4,5)17-11-16(7-9-19(17)24)28(26,27)23-18-8-6-15(22)10-14(18)3/h6-11,13,23H,12H2,1-5H3. The van der Waals surface area contributed by atoms with E-state index in [1.807, 2.05) is 27.7 Å². The zero-order valence-corrected chi connectivity index (χ0v) is 17.5. The second-order valence-corrected chi connectivity index (χ2v) is 9.89. The van der Waals surface area contributed by atoms with E-state index in [1.54, 1.807) is 24.0 Å². The lowest BCUT2D eigenvalue weighted by molar-refractivity contribution is -0.121. The minimum atomic E-state index is -3.85. The third-order valence-electron chi connectivity index (χ3n) is 5.04. The van der Waals surface area contributed by atoms with Crippen molar-refractivity contribution < 1.29 is 17.6 Å². The van der Waals surface area contributed by atoms with Crippen molar-refractivity contribution in [3.05, 3.63) is 53.3 Å². The molecule has 0 aliphatic carbocycles. The Morgan fingerprint density at radius 3 is 2.46 bits per heavy atom. The summed E-state index contributed by atoms with van der Waals surface area (Å²) in [6.45, 7) is 9.83. The monoisotopic (exact) mass is 404 g/mol. The van der Waals surface area contributed by atoms with E-state index in [2.05, 4.69) is 4.72 Å². The van der Waals surface area contributed by atoms with Crippen LogP contribution in [0.4, 0.5) is 15.8 Å². The van der Waals surface area contributed by atoms with Crippen molar-refractivity contribution in [2.75, 3.05) is 16.2 Å². The molecule has 2 aromatic carbocycles. The second-order valence-electron chi connectivity index (χ2n) is 8.21. The number of aryl methyl sites for hydroxylation is 1. The number of amides is 1. The van der Waals surface area contributed by atoms with Crippen LogP contribution in [0, 0.1) is 18.7 Å². The molecule has 0 saturated heterocycles. The van der Waals surface area contributed by atoms with E-state index in [-0.39, 0.29) is 22.1 Å². The number of hydrogen-bond donors (Lipinski definition) is 1. The number of benzene rings is 2. The lowest BCUT2D eigenvalue weighted by atomic mass is 9.87. The van der Waals surface area contributed by atoms with Crippen LogP contribution >= 0.6 is 0 Å². The number of anilines is 2. The molecule has 3 rings (SSSR count). The summed E-state index contributed by atoms with van der Waals surface area (Å²) in [4.78, 5) is 14.4. The average Bonchev–Trinajstić information content (AvgIpc) is 2.87. The molecular formula is C21H25FN2O3S. The average molecular weight is 405 g/mol. The lowest BCUT2D eigenvalue weighted by Gasteiger charge is -2.22. The number of hydrogen-bond acceptors (Lipinski definition) is 3. The summed E-state index contributed by atoms with van der Waals surface area (Å²) in [7, 11) is -3.85. The fraction of sp³-hybridized carbons (Fsp3) is 0.381. The Hall–Kier alpha value is -2.41. The largest absolute Gasteiger partial charge is 0.311 e. The highest BCUT2D eigenvalue weighted by molar-refractivity contribution is 7.92. The van der Waals surface area contributed by atoms with Gasteiger partial charge in [0.2, 0.25) is 5.91 Å². The van der Waals surface area contributed by atoms with Crippen molar-refractivity contribution in [2.24, 2.45) is 5.92 Å². The topological polar surface area (TPSA) is 66.5 Å². The molecule has 150 valence electrons. The number of rotatable bonds is 4. The lowest BCUT2D eigenvalue weighted by Crippen LogP contribution is -2.36. The van der Waals surface area contributed by atoms with Gasteiger partial charge in [-0.2, -0.15) is 0 Å². The maximum absolute atomic E-state index is 13.3. The van der Waals surface area contributed by atoms with Crippen LogP contribution in [-0.4, -0.2) is 20.9 Å². The molecule has 0 radical (unpaired) electrons. The summed E-state index contributed by atoms with van der Waals surface area (Å²) in [5, 5.41) is 0. The minimum Gasteiger partial charge on any atom is -0.311 e. The number of nitrogens with zero attached hydrogens (tertiary/aromatic N) is 1. The first-order chi connectivity index (χ1) is 12.9. The normalized spacial score (nSPS) is 15.6. The first kappa shape index (κ1) is 20.3. The van der Waals surface area contributed by atoms with Gasteiger partial charge < -0.3 is 4.90 Å². The minimum absolute atomic E-state index is 0.0162. The molecule has 7 heteroatoms. The molecule has 2 aromatic rings. The number of nitrogens with one attached hydrogen (secondary N) is 1. The van der Waals surface area contributed by atoms with Gasteiger partial charge in [-0.1, -0.05) is 27.7 Å². The number of halogens is 1. The summed E-state index contributed by atoms with van der Waals surface area (Å²) in [6.07, 6.45) is 0. The summed E-state index contributed by atoms with van der Waals surface area (Å²) in [5.41, 5.74) is 2.04. The van der Waals surface area contributed by atoms with Gasteiger partial charge in [0.15, 0.2) is 0 Å². The van der Waals surface area contributed by atoms with Gasteiger partial charge in [0.1, 0.15) is 5.82 Å². The van der Waals surface area contributed by atoms with Crippen molar-refractivity contribution in [3.63, 3.8) is 0 Å². The highest BCUT2D eigenvalue weighted by Crippen LogP contribution is 2.42. The Kier molecular flexibility index (Phi) is 5.00. The SMILES string of the molecule is Cc1cc(F)ccc1NS(=O)(=O)c1ccc2c(c1)C(C)(C)CN2C(=O)C(C)C. The Balaban J connectivity index is 2.00. The molecule has 0 aromatic heterocycles. The number of carbonyl (C=O) groups is 1. The maximum atomic E-state index is 13.3. The molecule has 5 nitrogen and oxygen atoms in total. The van der Waals surface area contributed by atoms with Gasteiger partial charge >= 0.3 is 0 Å². The molecule has 0 spiro atoms. The van der Waals surface area contributed by atoms with Gasteiger partial charge in [-0.3, -0.25) is 9.52 Å². The molecular weight excluding hydrogens is 379 g/mol. The fourth-order valence-electron chi connectivity index (χ4n) is 3.48. The molecule has 1 aliphatic rings. The predicted octanol–water partition coefficient (Wildman–Crippen LogP) is 4.22. The predicted molar refractivity (Wildman–Crippen MR) is 109 cm³/mol. The summed E-state index contributed by atoms with van der Waals surface area (Å²) >= 11 is 0. The first-order valence-corrected chi connectivity index (χ1v) is 10.7. The maximum Gasteiger partial charge on any atom is 0.261 e. The van der Waals surface area contributed by atoms with E-state index < -0.39 is 15.8 Å². The molecule has 28 heavy (non-hydrogen) atoms. The van der Waals surface area contributed by atoms with Gasteiger partial charge in [-0.05, 0) is 54.4 Å². The van der Waals surface area contributed by atoms with Gasteiger partial charge in [-0.15, -0.1) is 0 Å². The molecule has 1 aliphatic heterocycles. The van der Waals surface area contributed by atoms with Gasteiger partial charge in [0, 0.05) is 23.6 Å². The van der Waals surface area contributed by atoms with Gasteiger partial charge in [0.05, 0.1) is 10.6 Å². The summed E-state index contributed by atoms with van der Waals surface area (Å²) in [5.74, 6) is -0.551. The van der Waals surface area contributed by atoms with Crippen LogP contribution in [0.1, 0.15) is 38.8 Å². The number of fused-ring (bicyclic) bond motifs is 1. The number of carbonyl (C=O) groups excluding carboxylic acids is 1. The molecule has 1 N–H and O–H groups in total. The van der Waals surface area contributed by atoms with Crippen LogP contribution in [-0.2, 0) is 20.2 Å². The van der Waals surface area contributed by atoms with Crippen molar-refractivity contribution in [1.29, 1.82) is 0 Å². The summed E-state index contributed by atoms with van der Waals surface area (Å²) < 4.78 is 41.6. The first-order valence-electron chi connectivity index (χ1n) is 9.17. The molecule has 0 unspecified atom stereocenters. The molecule has 1 heterocycles. The smallest absolute Gasteiger partial charge is 0.261 e. The molecule has 0 saturated carbocycles. The zero-order chi connectivity index (χ0) is 20.9. The molecule has 0 bridgehead atoms. The molecule has 1 amide bonds. The Bertz CT molecular complexity index is 1050. The van der Waals surface area contributed by atoms with E-state index in [4.69, 9.17) is 0 Å². The van der Waals surface area contributed by atoms with E-state index in [0.717, 1.165) is 11.3 Å². The highest BCUT2D eigenvalue weighted by atomic mass is 32.2. The van der Waals surface area contributed by atoms with Gasteiger partial charge in [0.25, 0.3) is 10.0 Å². The van der Waals surface area contributed by atoms with Crippen LogP contribution in [0.25, 0.3) is 0 Å². The third-order valence-corrected chi connectivity index (χ3v) is 6.41. The van der Waals surface area contributed by atoms with Gasteiger partial charge in [-0.25, -0.2) is 12.8 Å². The van der Waals surface area contributed by atoms with E-state index >= 15 is 0 Å². The summed E-state index contributed by atoms with van der Waals surface area (Å²) in [6, 6.07) is 8.72. The molecule has 0 atom stereocenters. The van der Waals surface area contributed by atoms with Crippen LogP contribution in [0.5, 0.6) is 0 Å². The quantitative estimate of drug-likeness (QED) is 0.830. The highest BCUT2D eigenvalue weighted by Gasteiger charge is 2.39. The van der Waals surface area contributed by atoms with Crippen LogP contribution < -0.4 is 9.62 Å². The van der Waals surface area contributed by atoms with Crippen LogP contribution in [0.3, 0.4) is 0 Å². The Labute approximate surface area is 165 Å². The molecule has 0 fully saturated rings. The van der Waals surface area contributed by atoms with Crippen LogP contribution in [0.15, 0.2) is 41.3 Å². The van der Waals surface area contributed by atoms with E-state index in [0.29, 0.717) is 17.8 Å². The Morgan fingerprint density at radius 1 is 1.18 bits per heavy atom. The Morgan fingerprint density at radius 2 is 1.86 bits per heavy atom. The second kappa shape index (κ2) is 6.88. The fourth-order valence-corrected chi connectivity index (χ4v) is 4.64. The van der Waals surface area contributed by atoms with Crippen molar-refractivity contribution in [2.45, 2.75) is 44.9 Å². The van der Waals surface area contributed by atoms with Crippen molar-refractivity contribution in [3.8, 4) is 0 Å². The number of sulfonamides is 1. The van der Waals surface area contributed by atoms with E-state index in [1.165, 1.54) is 24.3 Å². The van der Waals surface area contributed by atoms with E-state index in [9.17, 15) is 17.6 Å². The van der Waals surface area contributed by atoms with Crippen molar-refractivity contribution >= 4 is 27.3 Å². The third kappa shape index (κ3) is 3.63.